The van der Waals surface area contributed by atoms with Gasteiger partial charge >= 0.3 is 0 Å². The summed E-state index contributed by atoms with van der Waals surface area (Å²) in [5.41, 5.74) is 1.80. The van der Waals surface area contributed by atoms with Gasteiger partial charge in [-0.2, -0.15) is 4.31 Å². The first-order valence-electron chi connectivity index (χ1n) is 5.93. The van der Waals surface area contributed by atoms with Crippen LogP contribution < -0.4 is 0 Å². The van der Waals surface area contributed by atoms with Gasteiger partial charge in [-0.1, -0.05) is 17.7 Å². The fraction of sp³-hybridized carbons (Fsp3) is 0.308. The fourth-order valence-corrected chi connectivity index (χ4v) is 3.27. The van der Waals surface area contributed by atoms with Crippen LogP contribution in [0.5, 0.6) is 0 Å². The summed E-state index contributed by atoms with van der Waals surface area (Å²) in [6.45, 7) is 3.97. The minimum absolute atomic E-state index is 0.225. The molecule has 19 heavy (non-hydrogen) atoms. The zero-order valence-electron chi connectivity index (χ0n) is 11.2. The lowest BCUT2D eigenvalue weighted by Gasteiger charge is -2.17. The van der Waals surface area contributed by atoms with E-state index in [4.69, 9.17) is 0 Å². The highest BCUT2D eigenvalue weighted by atomic mass is 32.2. The standard InChI is InChI=1S/C13H17N3O2S/c1-10-4-5-12(11(2)8-10)19(17,18)16(3)9-13-14-6-7-15-13/h4-8H,9H2,1-3H3,(H,14,15). The molecule has 1 aromatic carbocycles. The Hall–Kier alpha value is -1.66. The largest absolute Gasteiger partial charge is 0.347 e. The Labute approximate surface area is 113 Å². The second kappa shape index (κ2) is 5.14. The molecule has 0 fully saturated rings. The lowest BCUT2D eigenvalue weighted by atomic mass is 10.2. The van der Waals surface area contributed by atoms with Crippen LogP contribution in [-0.4, -0.2) is 29.7 Å². The van der Waals surface area contributed by atoms with Crippen molar-refractivity contribution in [2.75, 3.05) is 7.05 Å². The number of aromatic amines is 1. The summed E-state index contributed by atoms with van der Waals surface area (Å²) in [5.74, 6) is 0.621. The number of sulfonamides is 1. The monoisotopic (exact) mass is 279 g/mol. The Balaban J connectivity index is 2.31. The van der Waals surface area contributed by atoms with Gasteiger partial charge in [0.1, 0.15) is 5.82 Å². The van der Waals surface area contributed by atoms with Gasteiger partial charge in [0.05, 0.1) is 11.4 Å². The summed E-state index contributed by atoms with van der Waals surface area (Å²) in [6.07, 6.45) is 3.28. The van der Waals surface area contributed by atoms with Crippen molar-refractivity contribution < 1.29 is 8.42 Å². The third-order valence-electron chi connectivity index (χ3n) is 2.95. The predicted molar refractivity (Wildman–Crippen MR) is 73.2 cm³/mol. The maximum Gasteiger partial charge on any atom is 0.243 e. The summed E-state index contributed by atoms with van der Waals surface area (Å²) in [7, 11) is -1.94. The van der Waals surface area contributed by atoms with Crippen LogP contribution in [0.1, 0.15) is 17.0 Å². The first-order chi connectivity index (χ1) is 8.91. The number of rotatable bonds is 4. The molecule has 0 atom stereocenters. The molecule has 1 heterocycles. The van der Waals surface area contributed by atoms with Gasteiger partial charge in [0.2, 0.25) is 10.0 Å². The molecule has 6 heteroatoms. The number of nitrogens with one attached hydrogen (secondary N) is 1. The predicted octanol–water partition coefficient (Wildman–Crippen LogP) is 1.85. The van der Waals surface area contributed by atoms with E-state index >= 15 is 0 Å². The minimum atomic E-state index is -3.49. The molecule has 0 aliphatic rings. The number of nitrogens with zero attached hydrogens (tertiary/aromatic N) is 2. The Bertz CT molecular complexity index is 663. The maximum absolute atomic E-state index is 12.5. The van der Waals surface area contributed by atoms with Crippen LogP contribution >= 0.6 is 0 Å². The fourth-order valence-electron chi connectivity index (χ4n) is 1.94. The van der Waals surface area contributed by atoms with E-state index in [1.165, 1.54) is 4.31 Å². The molecule has 0 aliphatic heterocycles. The van der Waals surface area contributed by atoms with Gasteiger partial charge in [-0.05, 0) is 25.5 Å². The van der Waals surface area contributed by atoms with E-state index in [0.717, 1.165) is 11.1 Å². The highest BCUT2D eigenvalue weighted by Gasteiger charge is 2.23. The number of hydrogen-bond acceptors (Lipinski definition) is 3. The molecule has 102 valence electrons. The molecule has 0 spiro atoms. The highest BCUT2D eigenvalue weighted by molar-refractivity contribution is 7.89. The van der Waals surface area contributed by atoms with Gasteiger partial charge in [0.15, 0.2) is 0 Å². The number of hydrogen-bond donors (Lipinski definition) is 1. The summed E-state index contributed by atoms with van der Waals surface area (Å²) >= 11 is 0. The van der Waals surface area contributed by atoms with Crippen molar-refractivity contribution in [3.8, 4) is 0 Å². The van der Waals surface area contributed by atoms with E-state index < -0.39 is 10.0 Å². The normalized spacial score (nSPS) is 12.0. The molecule has 2 rings (SSSR count). The van der Waals surface area contributed by atoms with Crippen molar-refractivity contribution in [1.29, 1.82) is 0 Å². The second-order valence-electron chi connectivity index (χ2n) is 4.57. The van der Waals surface area contributed by atoms with Crippen molar-refractivity contribution in [3.05, 3.63) is 47.5 Å². The van der Waals surface area contributed by atoms with Gasteiger partial charge in [0, 0.05) is 19.4 Å². The van der Waals surface area contributed by atoms with Crippen molar-refractivity contribution >= 4 is 10.0 Å². The van der Waals surface area contributed by atoms with E-state index in [2.05, 4.69) is 9.97 Å². The maximum atomic E-state index is 12.5. The first-order valence-corrected chi connectivity index (χ1v) is 7.37. The summed E-state index contributed by atoms with van der Waals surface area (Å²) in [5, 5.41) is 0. The van der Waals surface area contributed by atoms with Crippen molar-refractivity contribution in [3.63, 3.8) is 0 Å². The molecule has 0 bridgehead atoms. The highest BCUT2D eigenvalue weighted by Crippen LogP contribution is 2.20. The van der Waals surface area contributed by atoms with Crippen LogP contribution in [0.15, 0.2) is 35.5 Å². The number of aromatic nitrogens is 2. The molecular weight excluding hydrogens is 262 g/mol. The van der Waals surface area contributed by atoms with Crippen LogP contribution in [-0.2, 0) is 16.6 Å². The summed E-state index contributed by atoms with van der Waals surface area (Å²) in [4.78, 5) is 7.28. The van der Waals surface area contributed by atoms with Crippen LogP contribution in [0, 0.1) is 13.8 Å². The Morgan fingerprint density at radius 1 is 1.32 bits per heavy atom. The van der Waals surface area contributed by atoms with Gasteiger partial charge < -0.3 is 4.98 Å². The lowest BCUT2D eigenvalue weighted by molar-refractivity contribution is 0.457. The smallest absolute Gasteiger partial charge is 0.243 e. The molecule has 1 N–H and O–H groups in total. The Morgan fingerprint density at radius 3 is 2.63 bits per heavy atom. The third-order valence-corrected chi connectivity index (χ3v) is 4.91. The summed E-state index contributed by atoms with van der Waals surface area (Å²) < 4.78 is 26.2. The average molecular weight is 279 g/mol. The van der Waals surface area contributed by atoms with E-state index in [1.54, 1.807) is 38.5 Å². The van der Waals surface area contributed by atoms with E-state index in [1.807, 2.05) is 13.0 Å². The molecular formula is C13H17N3O2S. The molecule has 5 nitrogen and oxygen atoms in total. The molecule has 0 unspecified atom stereocenters. The van der Waals surface area contributed by atoms with Crippen molar-refractivity contribution in [2.24, 2.45) is 0 Å². The number of aryl methyl sites for hydroxylation is 2. The van der Waals surface area contributed by atoms with Crippen LogP contribution in [0.3, 0.4) is 0 Å². The summed E-state index contributed by atoms with van der Waals surface area (Å²) in [6, 6.07) is 5.33. The zero-order chi connectivity index (χ0) is 14.0. The van der Waals surface area contributed by atoms with Crippen LogP contribution in [0.25, 0.3) is 0 Å². The zero-order valence-corrected chi connectivity index (χ0v) is 12.0. The topological polar surface area (TPSA) is 66.1 Å². The second-order valence-corrected chi connectivity index (χ2v) is 6.58. The number of imidazole rings is 1. The van der Waals surface area contributed by atoms with Crippen LogP contribution in [0.2, 0.25) is 0 Å². The molecule has 0 saturated carbocycles. The van der Waals surface area contributed by atoms with Gasteiger partial charge in [-0.25, -0.2) is 13.4 Å². The SMILES string of the molecule is Cc1ccc(S(=O)(=O)N(C)Cc2ncc[nH]2)c(C)c1. The molecule has 0 saturated heterocycles. The minimum Gasteiger partial charge on any atom is -0.347 e. The van der Waals surface area contributed by atoms with Crippen molar-refractivity contribution in [2.45, 2.75) is 25.3 Å². The molecule has 0 amide bonds. The molecule has 0 aliphatic carbocycles. The molecule has 0 radical (unpaired) electrons. The van der Waals surface area contributed by atoms with E-state index in [9.17, 15) is 8.42 Å². The quantitative estimate of drug-likeness (QED) is 0.928. The van der Waals surface area contributed by atoms with Gasteiger partial charge in [-0.3, -0.25) is 0 Å². The van der Waals surface area contributed by atoms with Crippen molar-refractivity contribution in [1.82, 2.24) is 14.3 Å². The third kappa shape index (κ3) is 2.85. The first kappa shape index (κ1) is 13.8. The number of H-pyrrole nitrogens is 1. The van der Waals surface area contributed by atoms with Gasteiger partial charge in [-0.15, -0.1) is 0 Å². The molecule has 2 aromatic rings. The van der Waals surface area contributed by atoms with Crippen LogP contribution in [0.4, 0.5) is 0 Å². The Kier molecular flexibility index (Phi) is 3.73. The average Bonchev–Trinajstić information content (AvgIpc) is 2.81. The molecule has 1 aromatic heterocycles. The Morgan fingerprint density at radius 2 is 2.05 bits per heavy atom. The lowest BCUT2D eigenvalue weighted by Crippen LogP contribution is -2.27. The van der Waals surface area contributed by atoms with Gasteiger partial charge in [0.25, 0.3) is 0 Å². The number of benzene rings is 1. The van der Waals surface area contributed by atoms with E-state index in [0.29, 0.717) is 10.7 Å². The van der Waals surface area contributed by atoms with E-state index in [-0.39, 0.29) is 6.54 Å².